The smallest absolute Gasteiger partial charge is 0.404 e. The van der Waals surface area contributed by atoms with Crippen LogP contribution < -0.4 is 15.2 Å². The number of carbonyl (C=O) groups excluding carboxylic acids is 2. The molecule has 2 N–H and O–H groups in total. The fraction of sp³-hybridized carbons (Fsp3) is 0.324. The molecule has 10 nitrogen and oxygen atoms in total. The summed E-state index contributed by atoms with van der Waals surface area (Å²) in [5, 5.41) is 9.98. The highest BCUT2D eigenvalue weighted by Gasteiger charge is 2.50. The first-order chi connectivity index (χ1) is 22.1. The molecule has 240 valence electrons. The SMILES string of the molecule is C=CC(=O)N1CC(S(=O)(=O)c2ccc(OCCOc3ccc([C@@](C#N)(c4cccc(F)c4)[C@H]4CCC[C@@H]4OC(N)=O)cc3)cc2)C1. The van der Waals surface area contributed by atoms with Crippen LogP contribution >= 0.6 is 0 Å². The molecule has 5 rings (SSSR count). The van der Waals surface area contributed by atoms with Gasteiger partial charge in [0, 0.05) is 19.0 Å². The molecule has 2 fully saturated rings. The molecule has 1 saturated heterocycles. The number of amides is 2. The van der Waals surface area contributed by atoms with Gasteiger partial charge in [-0.15, -0.1) is 0 Å². The number of nitrogens with zero attached hydrogens (tertiary/aromatic N) is 2. The number of primary amides is 1. The summed E-state index contributed by atoms with van der Waals surface area (Å²) in [4.78, 5) is 24.8. The van der Waals surface area contributed by atoms with Gasteiger partial charge in [-0.1, -0.05) is 30.8 Å². The molecule has 3 aromatic rings. The van der Waals surface area contributed by atoms with Gasteiger partial charge < -0.3 is 24.8 Å². The van der Waals surface area contributed by atoms with Crippen molar-refractivity contribution in [2.24, 2.45) is 11.7 Å². The number of ether oxygens (including phenoxy) is 3. The maximum atomic E-state index is 14.4. The summed E-state index contributed by atoms with van der Waals surface area (Å²) in [7, 11) is -3.58. The van der Waals surface area contributed by atoms with Crippen molar-refractivity contribution < 1.29 is 36.6 Å². The third-order valence-electron chi connectivity index (χ3n) is 8.59. The molecule has 2 amide bonds. The molecule has 0 unspecified atom stereocenters. The van der Waals surface area contributed by atoms with E-state index in [0.29, 0.717) is 35.5 Å². The molecule has 1 heterocycles. The van der Waals surface area contributed by atoms with E-state index in [1.807, 2.05) is 0 Å². The van der Waals surface area contributed by atoms with Gasteiger partial charge in [0.25, 0.3) is 0 Å². The fourth-order valence-corrected chi connectivity index (χ4v) is 7.90. The Bertz CT molecular complexity index is 1740. The van der Waals surface area contributed by atoms with Crippen molar-refractivity contribution in [1.82, 2.24) is 4.90 Å². The zero-order valence-corrected chi connectivity index (χ0v) is 25.8. The van der Waals surface area contributed by atoms with E-state index in [1.165, 1.54) is 35.2 Å². The second-order valence-corrected chi connectivity index (χ2v) is 13.5. The number of carbonyl (C=O) groups is 2. The minimum atomic E-state index is -3.58. The van der Waals surface area contributed by atoms with Crippen molar-refractivity contribution in [2.75, 3.05) is 26.3 Å². The van der Waals surface area contributed by atoms with Crippen molar-refractivity contribution >= 4 is 21.8 Å². The number of benzene rings is 3. The van der Waals surface area contributed by atoms with Gasteiger partial charge >= 0.3 is 6.09 Å². The van der Waals surface area contributed by atoms with Crippen LogP contribution in [-0.4, -0.2) is 63.0 Å². The van der Waals surface area contributed by atoms with Crippen molar-refractivity contribution in [1.29, 1.82) is 5.26 Å². The molecule has 12 heteroatoms. The van der Waals surface area contributed by atoms with Crippen LogP contribution in [0.4, 0.5) is 9.18 Å². The second-order valence-electron chi connectivity index (χ2n) is 11.2. The molecule has 3 atom stereocenters. The molecule has 0 radical (unpaired) electrons. The van der Waals surface area contributed by atoms with Crippen molar-refractivity contribution in [3.05, 3.63) is 102 Å². The third-order valence-corrected chi connectivity index (χ3v) is 10.7. The lowest BCUT2D eigenvalue weighted by Crippen LogP contribution is -2.56. The average molecular weight is 648 g/mol. The Morgan fingerprint density at radius 1 is 1.00 bits per heavy atom. The second kappa shape index (κ2) is 13.6. The predicted octanol–water partition coefficient (Wildman–Crippen LogP) is 4.53. The summed E-state index contributed by atoms with van der Waals surface area (Å²) in [5.41, 5.74) is 5.08. The summed E-state index contributed by atoms with van der Waals surface area (Å²) >= 11 is 0. The van der Waals surface area contributed by atoms with Crippen LogP contribution in [0.15, 0.2) is 90.3 Å². The molecule has 0 bridgehead atoms. The lowest BCUT2D eigenvalue weighted by atomic mass is 9.65. The Balaban J connectivity index is 1.21. The predicted molar refractivity (Wildman–Crippen MR) is 166 cm³/mol. The zero-order valence-electron chi connectivity index (χ0n) is 25.0. The van der Waals surface area contributed by atoms with E-state index in [4.69, 9.17) is 19.9 Å². The maximum absolute atomic E-state index is 14.4. The topological polar surface area (TPSA) is 149 Å². The molecule has 0 spiro atoms. The minimum absolute atomic E-state index is 0.136. The van der Waals surface area contributed by atoms with Gasteiger partial charge in [-0.3, -0.25) is 4.79 Å². The molecular formula is C34H34FN3O7S. The van der Waals surface area contributed by atoms with Crippen LogP contribution in [0.1, 0.15) is 30.4 Å². The Labute approximate surface area is 267 Å². The van der Waals surface area contributed by atoms with Crippen molar-refractivity contribution in [3.8, 4) is 17.6 Å². The first-order valence-corrected chi connectivity index (χ1v) is 16.4. The van der Waals surface area contributed by atoms with Crippen LogP contribution in [-0.2, 0) is 24.8 Å². The number of likely N-dealkylation sites (tertiary alicyclic amines) is 1. The van der Waals surface area contributed by atoms with E-state index >= 15 is 0 Å². The number of hydrogen-bond acceptors (Lipinski definition) is 8. The van der Waals surface area contributed by atoms with E-state index in [-0.39, 0.29) is 37.1 Å². The summed E-state index contributed by atoms with van der Waals surface area (Å²) < 4.78 is 57.0. The lowest BCUT2D eigenvalue weighted by molar-refractivity contribution is -0.129. The molecule has 46 heavy (non-hydrogen) atoms. The van der Waals surface area contributed by atoms with E-state index in [9.17, 15) is 27.7 Å². The molecule has 1 saturated carbocycles. The number of halogens is 1. The van der Waals surface area contributed by atoms with Gasteiger partial charge in [-0.2, -0.15) is 5.26 Å². The molecular weight excluding hydrogens is 613 g/mol. The number of sulfone groups is 1. The quantitative estimate of drug-likeness (QED) is 0.223. The van der Waals surface area contributed by atoms with Crippen LogP contribution in [0, 0.1) is 23.1 Å². The van der Waals surface area contributed by atoms with Gasteiger partial charge in [0.05, 0.1) is 11.0 Å². The van der Waals surface area contributed by atoms with Crippen molar-refractivity contribution in [2.45, 2.75) is 40.9 Å². The summed E-state index contributed by atoms with van der Waals surface area (Å²) in [6.45, 7) is 4.04. The minimum Gasteiger partial charge on any atom is -0.490 e. The Morgan fingerprint density at radius 3 is 2.20 bits per heavy atom. The monoisotopic (exact) mass is 647 g/mol. The molecule has 0 aromatic heterocycles. The van der Waals surface area contributed by atoms with Gasteiger partial charge in [-0.05, 0) is 85.0 Å². The van der Waals surface area contributed by atoms with E-state index in [1.54, 1.807) is 48.5 Å². The molecule has 1 aliphatic carbocycles. The fourth-order valence-electron chi connectivity index (χ4n) is 6.25. The lowest BCUT2D eigenvalue weighted by Gasteiger charge is -2.37. The van der Waals surface area contributed by atoms with Crippen LogP contribution in [0.3, 0.4) is 0 Å². The van der Waals surface area contributed by atoms with E-state index in [0.717, 1.165) is 6.42 Å². The first kappa shape index (κ1) is 32.5. The average Bonchev–Trinajstić information content (AvgIpc) is 3.47. The first-order valence-electron chi connectivity index (χ1n) is 14.8. The number of rotatable bonds is 12. The van der Waals surface area contributed by atoms with Gasteiger partial charge in [-0.25, -0.2) is 17.6 Å². The third kappa shape index (κ3) is 6.55. The standard InChI is InChI=1S/C34H34FN3O7S/c1-2-32(39)38-20-29(21-38)46(41,42)28-15-13-27(14-16-28)44-18-17-43-26-11-9-23(10-12-26)34(22-36,24-5-3-6-25(35)19-24)30-7-4-8-31(30)45-33(37)40/h2-3,5-6,9-16,19,29-31H,1,4,7-8,17-18,20-21H2,(H2,37,40)/t30-,31-,34-/m0/s1. The highest BCUT2D eigenvalue weighted by molar-refractivity contribution is 7.92. The van der Waals surface area contributed by atoms with E-state index in [2.05, 4.69) is 12.6 Å². The van der Waals surface area contributed by atoms with Gasteiger partial charge in [0.1, 0.15) is 47.3 Å². The van der Waals surface area contributed by atoms with Crippen LogP contribution in [0.25, 0.3) is 0 Å². The van der Waals surface area contributed by atoms with E-state index < -0.39 is 44.4 Å². The molecule has 2 aliphatic rings. The number of nitrogens with two attached hydrogens (primary N) is 1. The van der Waals surface area contributed by atoms with Crippen LogP contribution in [0.2, 0.25) is 0 Å². The molecule has 1 aliphatic heterocycles. The normalized spacial score (nSPS) is 19.3. The Morgan fingerprint density at radius 2 is 1.63 bits per heavy atom. The largest absolute Gasteiger partial charge is 0.490 e. The summed E-state index contributed by atoms with van der Waals surface area (Å²) in [5.74, 6) is -0.237. The van der Waals surface area contributed by atoms with Gasteiger partial charge in [0.2, 0.25) is 5.91 Å². The highest BCUT2D eigenvalue weighted by atomic mass is 32.2. The Kier molecular flexibility index (Phi) is 9.63. The Hall–Kier alpha value is -4.89. The van der Waals surface area contributed by atoms with Crippen molar-refractivity contribution in [3.63, 3.8) is 0 Å². The molecule has 3 aromatic carbocycles. The number of hydrogen-bond donors (Lipinski definition) is 1. The van der Waals surface area contributed by atoms with Gasteiger partial charge in [0.15, 0.2) is 9.84 Å². The maximum Gasteiger partial charge on any atom is 0.404 e. The highest BCUT2D eigenvalue weighted by Crippen LogP contribution is 2.48. The summed E-state index contributed by atoms with van der Waals surface area (Å²) in [6, 6.07) is 21.3. The van der Waals surface area contributed by atoms with Crippen LogP contribution in [0.5, 0.6) is 11.5 Å². The summed E-state index contributed by atoms with van der Waals surface area (Å²) in [6.07, 6.45) is 1.50. The number of nitriles is 1. The zero-order chi connectivity index (χ0) is 32.9.